The first kappa shape index (κ1) is 12.1. The number of nitriles is 1. The van der Waals surface area contributed by atoms with Gasteiger partial charge in [0, 0.05) is 10.6 Å². The molecule has 0 amide bonds. The molecule has 0 fully saturated rings. The van der Waals surface area contributed by atoms with Crippen LogP contribution in [0, 0.1) is 31.1 Å². The molecule has 80 valence electrons. The number of rotatable bonds is 4. The second kappa shape index (κ2) is 5.82. The Balaban J connectivity index is 2.69. The summed E-state index contributed by atoms with van der Waals surface area (Å²) in [6, 6.07) is 8.68. The summed E-state index contributed by atoms with van der Waals surface area (Å²) in [5.41, 5.74) is 2.63. The lowest BCUT2D eigenvalue weighted by Gasteiger charge is -2.10. The first-order valence-corrected chi connectivity index (χ1v) is 6.26. The van der Waals surface area contributed by atoms with Gasteiger partial charge in [-0.15, -0.1) is 11.8 Å². The molecule has 0 spiro atoms. The van der Waals surface area contributed by atoms with Gasteiger partial charge >= 0.3 is 0 Å². The van der Waals surface area contributed by atoms with Gasteiger partial charge in [-0.25, -0.2) is 0 Å². The molecule has 0 aromatic heterocycles. The molecule has 0 saturated carbocycles. The van der Waals surface area contributed by atoms with Crippen molar-refractivity contribution in [2.75, 3.05) is 5.75 Å². The molecule has 0 N–H and O–H groups in total. The maximum Gasteiger partial charge on any atom is 0.0664 e. The molecule has 1 aromatic rings. The highest BCUT2D eigenvalue weighted by molar-refractivity contribution is 7.99. The standard InChI is InChI=1S/C13H17NS/c1-4-12(8-14)9-15-13-10(2)6-5-7-11(13)3/h5-7,12H,4,9H2,1-3H3. The minimum absolute atomic E-state index is 0.175. The van der Waals surface area contributed by atoms with E-state index >= 15 is 0 Å². The normalized spacial score (nSPS) is 12.1. The molecule has 2 heteroatoms. The smallest absolute Gasteiger partial charge is 0.0664 e. The Hall–Kier alpha value is -0.940. The minimum atomic E-state index is 0.175. The molecule has 1 nitrogen and oxygen atoms in total. The van der Waals surface area contributed by atoms with Crippen LogP contribution in [0.1, 0.15) is 24.5 Å². The van der Waals surface area contributed by atoms with E-state index in [1.54, 1.807) is 0 Å². The van der Waals surface area contributed by atoms with Crippen molar-refractivity contribution in [3.8, 4) is 6.07 Å². The molecule has 0 radical (unpaired) electrons. The third kappa shape index (κ3) is 3.28. The number of hydrogen-bond donors (Lipinski definition) is 0. The Labute approximate surface area is 96.5 Å². The molecular formula is C13H17NS. The van der Waals surface area contributed by atoms with Crippen molar-refractivity contribution >= 4 is 11.8 Å². The molecular weight excluding hydrogens is 202 g/mol. The van der Waals surface area contributed by atoms with E-state index in [1.807, 2.05) is 11.8 Å². The van der Waals surface area contributed by atoms with Gasteiger partial charge in [-0.05, 0) is 31.4 Å². The SMILES string of the molecule is CCC(C#N)CSc1c(C)cccc1C. The fourth-order valence-corrected chi connectivity index (χ4v) is 2.73. The number of benzene rings is 1. The van der Waals surface area contributed by atoms with Crippen molar-refractivity contribution in [2.24, 2.45) is 5.92 Å². The zero-order valence-corrected chi connectivity index (χ0v) is 10.4. The van der Waals surface area contributed by atoms with Crippen molar-refractivity contribution < 1.29 is 0 Å². The fourth-order valence-electron chi connectivity index (χ4n) is 1.46. The summed E-state index contributed by atoms with van der Waals surface area (Å²) >= 11 is 1.81. The predicted octanol–water partition coefficient (Wildman–Crippen LogP) is 3.95. The molecule has 0 aliphatic carbocycles. The van der Waals surface area contributed by atoms with Crippen LogP contribution in [0.15, 0.2) is 23.1 Å². The molecule has 1 atom stereocenters. The van der Waals surface area contributed by atoms with Gasteiger partial charge in [0.05, 0.1) is 12.0 Å². The van der Waals surface area contributed by atoms with Crippen LogP contribution in [0.3, 0.4) is 0 Å². The lowest BCUT2D eigenvalue weighted by Crippen LogP contribution is -1.99. The van der Waals surface area contributed by atoms with E-state index in [1.165, 1.54) is 16.0 Å². The number of aryl methyl sites for hydroxylation is 2. The van der Waals surface area contributed by atoms with E-state index in [0.29, 0.717) is 0 Å². The summed E-state index contributed by atoms with van der Waals surface area (Å²) in [6.45, 7) is 6.32. The number of nitrogens with zero attached hydrogens (tertiary/aromatic N) is 1. The van der Waals surface area contributed by atoms with E-state index in [9.17, 15) is 0 Å². The van der Waals surface area contributed by atoms with Crippen LogP contribution in [0.5, 0.6) is 0 Å². The van der Waals surface area contributed by atoms with Crippen LogP contribution in [-0.4, -0.2) is 5.75 Å². The first-order valence-electron chi connectivity index (χ1n) is 5.27. The summed E-state index contributed by atoms with van der Waals surface area (Å²) in [4.78, 5) is 1.34. The van der Waals surface area contributed by atoms with Gasteiger partial charge in [-0.3, -0.25) is 0 Å². The topological polar surface area (TPSA) is 23.8 Å². The van der Waals surface area contributed by atoms with Crippen LogP contribution in [0.2, 0.25) is 0 Å². The quantitative estimate of drug-likeness (QED) is 0.716. The van der Waals surface area contributed by atoms with E-state index < -0.39 is 0 Å². The fraction of sp³-hybridized carbons (Fsp3) is 0.462. The Kier molecular flexibility index (Phi) is 4.71. The van der Waals surface area contributed by atoms with Gasteiger partial charge in [-0.2, -0.15) is 5.26 Å². The number of hydrogen-bond acceptors (Lipinski definition) is 2. The predicted molar refractivity (Wildman–Crippen MR) is 66.0 cm³/mol. The largest absolute Gasteiger partial charge is 0.198 e. The molecule has 1 rings (SSSR count). The summed E-state index contributed by atoms with van der Waals surface area (Å²) in [6.07, 6.45) is 0.939. The van der Waals surface area contributed by atoms with Crippen LogP contribution in [0.4, 0.5) is 0 Å². The molecule has 1 unspecified atom stereocenters. The molecule has 0 heterocycles. The second-order valence-electron chi connectivity index (χ2n) is 3.77. The highest BCUT2D eigenvalue weighted by atomic mass is 32.2. The Morgan fingerprint density at radius 1 is 1.33 bits per heavy atom. The van der Waals surface area contributed by atoms with E-state index in [-0.39, 0.29) is 5.92 Å². The zero-order chi connectivity index (χ0) is 11.3. The molecule has 1 aromatic carbocycles. The summed E-state index contributed by atoms with van der Waals surface area (Å²) < 4.78 is 0. The number of thioether (sulfide) groups is 1. The van der Waals surface area contributed by atoms with Gasteiger partial charge in [0.25, 0.3) is 0 Å². The lowest BCUT2D eigenvalue weighted by molar-refractivity contribution is 0.724. The van der Waals surface area contributed by atoms with Gasteiger partial charge in [0.2, 0.25) is 0 Å². The Morgan fingerprint density at radius 3 is 2.40 bits per heavy atom. The molecule has 0 bridgehead atoms. The molecule has 0 aliphatic heterocycles. The minimum Gasteiger partial charge on any atom is -0.198 e. The van der Waals surface area contributed by atoms with E-state index in [4.69, 9.17) is 5.26 Å². The van der Waals surface area contributed by atoms with Crippen LogP contribution in [0.25, 0.3) is 0 Å². The Bertz CT molecular complexity index is 345. The summed E-state index contributed by atoms with van der Waals surface area (Å²) in [5, 5.41) is 8.88. The Morgan fingerprint density at radius 2 is 1.93 bits per heavy atom. The van der Waals surface area contributed by atoms with Gasteiger partial charge in [0.1, 0.15) is 0 Å². The molecule has 0 aliphatic rings. The van der Waals surface area contributed by atoms with Crippen molar-refractivity contribution in [1.82, 2.24) is 0 Å². The maximum absolute atomic E-state index is 8.88. The third-order valence-electron chi connectivity index (χ3n) is 2.51. The first-order chi connectivity index (χ1) is 7.19. The van der Waals surface area contributed by atoms with E-state index in [0.717, 1.165) is 12.2 Å². The van der Waals surface area contributed by atoms with Gasteiger partial charge in [0.15, 0.2) is 0 Å². The third-order valence-corrected chi connectivity index (χ3v) is 4.01. The van der Waals surface area contributed by atoms with Crippen LogP contribution in [-0.2, 0) is 0 Å². The maximum atomic E-state index is 8.88. The average Bonchev–Trinajstić information content (AvgIpc) is 2.23. The van der Waals surface area contributed by atoms with Crippen LogP contribution < -0.4 is 0 Å². The van der Waals surface area contributed by atoms with E-state index in [2.05, 4.69) is 45.0 Å². The lowest BCUT2D eigenvalue weighted by atomic mass is 10.1. The van der Waals surface area contributed by atoms with Crippen molar-refractivity contribution in [2.45, 2.75) is 32.1 Å². The molecule has 15 heavy (non-hydrogen) atoms. The van der Waals surface area contributed by atoms with Gasteiger partial charge < -0.3 is 0 Å². The van der Waals surface area contributed by atoms with Gasteiger partial charge in [-0.1, -0.05) is 25.1 Å². The van der Waals surface area contributed by atoms with Crippen molar-refractivity contribution in [3.63, 3.8) is 0 Å². The van der Waals surface area contributed by atoms with Crippen molar-refractivity contribution in [1.29, 1.82) is 5.26 Å². The summed E-state index contributed by atoms with van der Waals surface area (Å²) in [7, 11) is 0. The highest BCUT2D eigenvalue weighted by Gasteiger charge is 2.08. The second-order valence-corrected chi connectivity index (χ2v) is 4.80. The van der Waals surface area contributed by atoms with Crippen LogP contribution >= 0.6 is 11.8 Å². The average molecular weight is 219 g/mol. The zero-order valence-electron chi connectivity index (χ0n) is 9.58. The van der Waals surface area contributed by atoms with Crippen molar-refractivity contribution in [3.05, 3.63) is 29.3 Å². The summed E-state index contributed by atoms with van der Waals surface area (Å²) in [5.74, 6) is 1.08. The molecule has 0 saturated heterocycles. The monoisotopic (exact) mass is 219 g/mol. The highest BCUT2D eigenvalue weighted by Crippen LogP contribution is 2.28.